The predicted octanol–water partition coefficient (Wildman–Crippen LogP) is 2.70. The molecule has 1 amide bonds. The molecule has 1 aromatic carbocycles. The van der Waals surface area contributed by atoms with E-state index >= 15 is 0 Å². The number of hydrogen-bond acceptors (Lipinski definition) is 2. The Labute approximate surface area is 105 Å². The van der Waals surface area contributed by atoms with Gasteiger partial charge in [-0.3, -0.25) is 9.59 Å². The summed E-state index contributed by atoms with van der Waals surface area (Å²) in [4.78, 5) is 25.3. The summed E-state index contributed by atoms with van der Waals surface area (Å²) in [5.41, 5.74) is 3.65. The molecule has 0 radical (unpaired) electrons. The van der Waals surface area contributed by atoms with Gasteiger partial charge in [0.25, 0.3) is 5.91 Å². The number of carbonyl (C=O) groups is 2. The Morgan fingerprint density at radius 2 is 1.94 bits per heavy atom. The average molecular weight is 242 g/mol. The Morgan fingerprint density at radius 3 is 2.50 bits per heavy atom. The van der Waals surface area contributed by atoms with Crippen LogP contribution in [0.15, 0.2) is 30.5 Å². The molecule has 4 nitrogen and oxygen atoms in total. The number of anilines is 1. The number of aromatic nitrogens is 1. The average Bonchev–Trinajstić information content (AvgIpc) is 2.82. The van der Waals surface area contributed by atoms with Crippen LogP contribution in [0, 0.1) is 13.8 Å². The highest BCUT2D eigenvalue weighted by Crippen LogP contribution is 2.20. The van der Waals surface area contributed by atoms with Crippen molar-refractivity contribution in [1.29, 1.82) is 0 Å². The quantitative estimate of drug-likeness (QED) is 0.813. The van der Waals surface area contributed by atoms with Crippen LogP contribution in [0.4, 0.5) is 5.69 Å². The lowest BCUT2D eigenvalue weighted by atomic mass is 10.1. The fourth-order valence-corrected chi connectivity index (χ4v) is 1.80. The van der Waals surface area contributed by atoms with Gasteiger partial charge in [0.05, 0.1) is 0 Å². The number of aldehydes is 1. The van der Waals surface area contributed by atoms with E-state index in [1.165, 1.54) is 12.3 Å². The molecule has 0 atom stereocenters. The van der Waals surface area contributed by atoms with Gasteiger partial charge >= 0.3 is 0 Å². The summed E-state index contributed by atoms with van der Waals surface area (Å²) < 4.78 is 0. The topological polar surface area (TPSA) is 62.0 Å². The molecule has 4 heteroatoms. The molecule has 0 saturated heterocycles. The van der Waals surface area contributed by atoms with Crippen LogP contribution in [-0.2, 0) is 0 Å². The zero-order valence-corrected chi connectivity index (χ0v) is 10.3. The molecule has 0 saturated carbocycles. The monoisotopic (exact) mass is 242 g/mol. The standard InChI is InChI=1S/C14H14N2O2/c1-9-4-3-5-10(2)13(9)16-14(18)12-6-11(8-17)7-15-12/h3-8,15H,1-2H3,(H,16,18). The molecule has 0 aliphatic heterocycles. The van der Waals surface area contributed by atoms with E-state index in [9.17, 15) is 9.59 Å². The minimum absolute atomic E-state index is 0.250. The van der Waals surface area contributed by atoms with Crippen molar-refractivity contribution in [1.82, 2.24) is 4.98 Å². The first-order valence-corrected chi connectivity index (χ1v) is 5.63. The Morgan fingerprint density at radius 1 is 1.28 bits per heavy atom. The predicted molar refractivity (Wildman–Crippen MR) is 70.0 cm³/mol. The van der Waals surface area contributed by atoms with Crippen molar-refractivity contribution in [3.63, 3.8) is 0 Å². The zero-order chi connectivity index (χ0) is 13.1. The fraction of sp³-hybridized carbons (Fsp3) is 0.143. The van der Waals surface area contributed by atoms with Crippen LogP contribution in [0.3, 0.4) is 0 Å². The highest BCUT2D eigenvalue weighted by atomic mass is 16.2. The van der Waals surface area contributed by atoms with E-state index in [-0.39, 0.29) is 5.91 Å². The van der Waals surface area contributed by atoms with Gasteiger partial charge in [0.2, 0.25) is 0 Å². The molecule has 2 rings (SSSR count). The van der Waals surface area contributed by atoms with Gasteiger partial charge in [-0.25, -0.2) is 0 Å². The number of nitrogens with one attached hydrogen (secondary N) is 2. The van der Waals surface area contributed by atoms with Crippen molar-refractivity contribution >= 4 is 17.9 Å². The van der Waals surface area contributed by atoms with E-state index in [1.54, 1.807) is 0 Å². The molecule has 0 unspecified atom stereocenters. The SMILES string of the molecule is Cc1cccc(C)c1NC(=O)c1cc(C=O)c[nH]1. The first-order chi connectivity index (χ1) is 8.61. The van der Waals surface area contributed by atoms with Gasteiger partial charge in [0.15, 0.2) is 6.29 Å². The highest BCUT2D eigenvalue weighted by molar-refractivity contribution is 6.04. The molecule has 0 bridgehead atoms. The molecule has 0 fully saturated rings. The lowest BCUT2D eigenvalue weighted by molar-refractivity contribution is 0.102. The number of aromatic amines is 1. The van der Waals surface area contributed by atoms with Gasteiger partial charge in [-0.2, -0.15) is 0 Å². The van der Waals surface area contributed by atoms with Gasteiger partial charge in [-0.05, 0) is 31.0 Å². The van der Waals surface area contributed by atoms with Crippen LogP contribution >= 0.6 is 0 Å². The molecule has 0 spiro atoms. The number of para-hydroxylation sites is 1. The van der Waals surface area contributed by atoms with Gasteiger partial charge in [0, 0.05) is 17.4 Å². The van der Waals surface area contributed by atoms with Crippen LogP contribution in [0.25, 0.3) is 0 Å². The highest BCUT2D eigenvalue weighted by Gasteiger charge is 2.11. The normalized spacial score (nSPS) is 10.1. The third kappa shape index (κ3) is 2.32. The first kappa shape index (κ1) is 12.1. The largest absolute Gasteiger partial charge is 0.356 e. The van der Waals surface area contributed by atoms with Gasteiger partial charge in [-0.15, -0.1) is 0 Å². The molecule has 0 aliphatic rings. The van der Waals surface area contributed by atoms with Crippen LogP contribution in [0.2, 0.25) is 0 Å². The van der Waals surface area contributed by atoms with E-state index in [4.69, 9.17) is 0 Å². The smallest absolute Gasteiger partial charge is 0.272 e. The van der Waals surface area contributed by atoms with Crippen molar-refractivity contribution in [2.24, 2.45) is 0 Å². The maximum Gasteiger partial charge on any atom is 0.272 e. The van der Waals surface area contributed by atoms with Crippen LogP contribution < -0.4 is 5.32 Å². The second kappa shape index (κ2) is 4.87. The van der Waals surface area contributed by atoms with E-state index < -0.39 is 0 Å². The summed E-state index contributed by atoms with van der Waals surface area (Å²) in [6.07, 6.45) is 2.21. The summed E-state index contributed by atoms with van der Waals surface area (Å²) in [5.74, 6) is -0.250. The van der Waals surface area contributed by atoms with Crippen molar-refractivity contribution in [2.45, 2.75) is 13.8 Å². The lowest BCUT2D eigenvalue weighted by Crippen LogP contribution is -2.14. The van der Waals surface area contributed by atoms with Crippen molar-refractivity contribution in [3.05, 3.63) is 52.8 Å². The Kier molecular flexibility index (Phi) is 3.28. The van der Waals surface area contributed by atoms with Gasteiger partial charge in [-0.1, -0.05) is 18.2 Å². The second-order valence-electron chi connectivity index (χ2n) is 4.19. The second-order valence-corrected chi connectivity index (χ2v) is 4.19. The number of aryl methyl sites for hydroxylation is 2. The van der Waals surface area contributed by atoms with Crippen molar-refractivity contribution < 1.29 is 9.59 Å². The van der Waals surface area contributed by atoms with Gasteiger partial charge < -0.3 is 10.3 Å². The minimum atomic E-state index is -0.250. The van der Waals surface area contributed by atoms with Crippen LogP contribution in [0.1, 0.15) is 32.0 Å². The fourth-order valence-electron chi connectivity index (χ4n) is 1.80. The van der Waals surface area contributed by atoms with E-state index in [1.807, 2.05) is 32.0 Å². The van der Waals surface area contributed by atoms with Crippen molar-refractivity contribution in [3.8, 4) is 0 Å². The summed E-state index contributed by atoms with van der Waals surface area (Å²) in [6, 6.07) is 7.34. The summed E-state index contributed by atoms with van der Waals surface area (Å²) >= 11 is 0. The minimum Gasteiger partial charge on any atom is -0.356 e. The third-order valence-corrected chi connectivity index (χ3v) is 2.81. The molecule has 18 heavy (non-hydrogen) atoms. The first-order valence-electron chi connectivity index (χ1n) is 5.63. The van der Waals surface area contributed by atoms with Crippen LogP contribution in [0.5, 0.6) is 0 Å². The molecule has 0 aliphatic carbocycles. The number of rotatable bonds is 3. The number of benzene rings is 1. The van der Waals surface area contributed by atoms with E-state index in [0.717, 1.165) is 16.8 Å². The van der Waals surface area contributed by atoms with Gasteiger partial charge in [0.1, 0.15) is 5.69 Å². The molecule has 2 aromatic rings. The number of hydrogen-bond donors (Lipinski definition) is 2. The lowest BCUT2D eigenvalue weighted by Gasteiger charge is -2.10. The molecular formula is C14H14N2O2. The summed E-state index contributed by atoms with van der Waals surface area (Å²) in [5, 5.41) is 2.85. The summed E-state index contributed by atoms with van der Waals surface area (Å²) in [7, 11) is 0. The van der Waals surface area contributed by atoms with E-state index in [0.29, 0.717) is 17.5 Å². The Balaban J connectivity index is 2.23. The number of amides is 1. The van der Waals surface area contributed by atoms with Crippen LogP contribution in [-0.4, -0.2) is 17.2 Å². The molecule has 2 N–H and O–H groups in total. The van der Waals surface area contributed by atoms with E-state index in [2.05, 4.69) is 10.3 Å². The Bertz CT molecular complexity index is 579. The molecule has 1 aromatic heterocycles. The summed E-state index contributed by atoms with van der Waals surface area (Å²) in [6.45, 7) is 3.88. The maximum atomic E-state index is 12.0. The van der Waals surface area contributed by atoms with Crippen molar-refractivity contribution in [2.75, 3.05) is 5.32 Å². The Hall–Kier alpha value is -2.36. The molecule has 1 heterocycles. The number of carbonyl (C=O) groups excluding carboxylic acids is 2. The number of H-pyrrole nitrogens is 1. The zero-order valence-electron chi connectivity index (χ0n) is 10.3. The molecular weight excluding hydrogens is 228 g/mol. The third-order valence-electron chi connectivity index (χ3n) is 2.81. The molecule has 92 valence electrons. The maximum absolute atomic E-state index is 12.0.